The molecule has 0 spiro atoms. The minimum Gasteiger partial charge on any atom is -0.299 e. The highest BCUT2D eigenvalue weighted by molar-refractivity contribution is 5.84. The number of carbonyl (C=O) groups excluding carboxylic acids is 1. The Morgan fingerprint density at radius 1 is 1.00 bits per heavy atom. The molecule has 3 aliphatic rings. The number of hydrogen-bond donors (Lipinski definition) is 0. The van der Waals surface area contributed by atoms with Gasteiger partial charge in [-0.25, -0.2) is 0 Å². The van der Waals surface area contributed by atoms with Gasteiger partial charge in [0.1, 0.15) is 5.78 Å². The molecule has 0 amide bonds. The summed E-state index contributed by atoms with van der Waals surface area (Å²) in [5, 5.41) is 0. The number of carbonyl (C=O) groups is 1. The molecule has 4 unspecified atom stereocenters. The van der Waals surface area contributed by atoms with E-state index in [-0.39, 0.29) is 0 Å². The molecule has 3 fully saturated rings. The second-order valence-corrected chi connectivity index (χ2v) is 6.92. The van der Waals surface area contributed by atoms with Crippen LogP contribution in [0.2, 0.25) is 0 Å². The van der Waals surface area contributed by atoms with Gasteiger partial charge in [0.05, 0.1) is 0 Å². The zero-order valence-corrected chi connectivity index (χ0v) is 11.2. The predicted octanol–water partition coefficient (Wildman–Crippen LogP) is 4.35. The first-order valence-electron chi connectivity index (χ1n) is 7.76. The maximum atomic E-state index is 12.2. The molecule has 0 radical (unpaired) electrons. The Labute approximate surface area is 105 Å². The van der Waals surface area contributed by atoms with Crippen molar-refractivity contribution in [2.24, 2.45) is 23.2 Å². The van der Waals surface area contributed by atoms with Gasteiger partial charge in [-0.1, -0.05) is 39.0 Å². The van der Waals surface area contributed by atoms with E-state index in [9.17, 15) is 4.79 Å². The second kappa shape index (κ2) is 4.40. The Balaban J connectivity index is 1.80. The van der Waals surface area contributed by atoms with Crippen LogP contribution in [-0.2, 0) is 4.79 Å². The van der Waals surface area contributed by atoms with E-state index in [0.717, 1.165) is 24.7 Å². The fourth-order valence-corrected chi connectivity index (χ4v) is 5.26. The van der Waals surface area contributed by atoms with Crippen molar-refractivity contribution in [1.29, 1.82) is 0 Å². The van der Waals surface area contributed by atoms with Gasteiger partial charge in [-0.05, 0) is 42.9 Å². The zero-order chi connectivity index (χ0) is 11.9. The van der Waals surface area contributed by atoms with E-state index in [0.29, 0.717) is 17.1 Å². The Morgan fingerprint density at radius 2 is 1.71 bits per heavy atom. The van der Waals surface area contributed by atoms with Gasteiger partial charge in [0.25, 0.3) is 0 Å². The lowest BCUT2D eigenvalue weighted by molar-refractivity contribution is -0.169. The van der Waals surface area contributed by atoms with Gasteiger partial charge in [-0.15, -0.1) is 0 Å². The van der Waals surface area contributed by atoms with Crippen LogP contribution in [0.1, 0.15) is 71.1 Å². The molecule has 0 N–H and O–H groups in total. The smallest absolute Gasteiger partial charge is 0.136 e. The molecule has 3 rings (SSSR count). The molecule has 3 aliphatic carbocycles. The maximum Gasteiger partial charge on any atom is 0.136 e. The molecule has 0 aromatic carbocycles. The van der Waals surface area contributed by atoms with Gasteiger partial charge in [-0.3, -0.25) is 4.79 Å². The van der Waals surface area contributed by atoms with Crippen molar-refractivity contribution >= 4 is 5.78 Å². The standard InChI is InChI=1S/C16H26O/c1-16-11-7-10-14(17)15(16)12-8-5-3-2-4-6-9-13(12)16/h12-13,15H,2-11H2,1H3. The van der Waals surface area contributed by atoms with Crippen LogP contribution in [0.25, 0.3) is 0 Å². The zero-order valence-electron chi connectivity index (χ0n) is 11.2. The first kappa shape index (κ1) is 11.7. The van der Waals surface area contributed by atoms with Crippen molar-refractivity contribution in [2.45, 2.75) is 71.1 Å². The third-order valence-corrected chi connectivity index (χ3v) is 6.04. The fraction of sp³-hybridized carbons (Fsp3) is 0.938. The number of fused-ring (bicyclic) bond motifs is 4. The summed E-state index contributed by atoms with van der Waals surface area (Å²) in [5.41, 5.74) is 0.407. The predicted molar refractivity (Wildman–Crippen MR) is 69.8 cm³/mol. The summed E-state index contributed by atoms with van der Waals surface area (Å²) in [4.78, 5) is 12.2. The largest absolute Gasteiger partial charge is 0.299 e. The molecule has 0 bridgehead atoms. The monoisotopic (exact) mass is 234 g/mol. The number of Topliss-reactive ketones (excluding diaryl/α,β-unsaturated/α-hetero) is 1. The molecule has 0 aromatic rings. The molecule has 0 heterocycles. The van der Waals surface area contributed by atoms with Crippen molar-refractivity contribution in [3.8, 4) is 0 Å². The Bertz CT molecular complexity index is 309. The van der Waals surface area contributed by atoms with Crippen molar-refractivity contribution in [2.75, 3.05) is 0 Å². The molecule has 0 aliphatic heterocycles. The molecule has 3 saturated carbocycles. The fourth-order valence-electron chi connectivity index (χ4n) is 5.26. The quantitative estimate of drug-likeness (QED) is 0.609. The summed E-state index contributed by atoms with van der Waals surface area (Å²) in [6.07, 6.45) is 13.2. The van der Waals surface area contributed by atoms with Gasteiger partial charge in [0, 0.05) is 12.3 Å². The summed E-state index contributed by atoms with van der Waals surface area (Å²) in [6, 6.07) is 0. The van der Waals surface area contributed by atoms with Gasteiger partial charge >= 0.3 is 0 Å². The van der Waals surface area contributed by atoms with E-state index in [4.69, 9.17) is 0 Å². The maximum absolute atomic E-state index is 12.2. The van der Waals surface area contributed by atoms with E-state index in [1.807, 2.05) is 0 Å². The van der Waals surface area contributed by atoms with Crippen LogP contribution < -0.4 is 0 Å². The van der Waals surface area contributed by atoms with Crippen molar-refractivity contribution < 1.29 is 4.79 Å². The Morgan fingerprint density at radius 3 is 2.53 bits per heavy atom. The SMILES string of the molecule is CC12CCCC(=O)C1C1CCCCCCCC12. The summed E-state index contributed by atoms with van der Waals surface area (Å²) < 4.78 is 0. The second-order valence-electron chi connectivity index (χ2n) is 6.92. The third-order valence-electron chi connectivity index (χ3n) is 6.04. The van der Waals surface area contributed by atoms with E-state index >= 15 is 0 Å². The van der Waals surface area contributed by atoms with Crippen molar-refractivity contribution in [1.82, 2.24) is 0 Å². The lowest BCUT2D eigenvalue weighted by Crippen LogP contribution is -2.60. The lowest BCUT2D eigenvalue weighted by Gasteiger charge is -2.62. The number of ketones is 1. The molecule has 1 heteroatoms. The van der Waals surface area contributed by atoms with Crippen molar-refractivity contribution in [3.05, 3.63) is 0 Å². The highest BCUT2D eigenvalue weighted by Gasteiger charge is 2.61. The van der Waals surface area contributed by atoms with E-state index < -0.39 is 0 Å². The van der Waals surface area contributed by atoms with Crippen molar-refractivity contribution in [3.63, 3.8) is 0 Å². The molecule has 4 atom stereocenters. The van der Waals surface area contributed by atoms with Gasteiger partial charge in [0.15, 0.2) is 0 Å². The van der Waals surface area contributed by atoms with Crippen LogP contribution >= 0.6 is 0 Å². The van der Waals surface area contributed by atoms with Crippen LogP contribution in [0.3, 0.4) is 0 Å². The highest BCUT2D eigenvalue weighted by Crippen LogP contribution is 2.64. The topological polar surface area (TPSA) is 17.1 Å². The van der Waals surface area contributed by atoms with Gasteiger partial charge in [-0.2, -0.15) is 0 Å². The summed E-state index contributed by atoms with van der Waals surface area (Å²) in [7, 11) is 0. The van der Waals surface area contributed by atoms with Gasteiger partial charge in [0.2, 0.25) is 0 Å². The minimum absolute atomic E-state index is 0.407. The average molecular weight is 234 g/mol. The third kappa shape index (κ3) is 1.77. The molecule has 0 saturated heterocycles. The van der Waals surface area contributed by atoms with E-state index in [1.54, 1.807) is 0 Å². The normalized spacial score (nSPS) is 46.9. The molecular formula is C16H26O. The van der Waals surface area contributed by atoms with Crippen LogP contribution in [0, 0.1) is 23.2 Å². The van der Waals surface area contributed by atoms with E-state index in [1.165, 1.54) is 51.4 Å². The molecule has 1 nitrogen and oxygen atoms in total. The summed E-state index contributed by atoms with van der Waals surface area (Å²) >= 11 is 0. The van der Waals surface area contributed by atoms with Crippen LogP contribution in [0.5, 0.6) is 0 Å². The summed E-state index contributed by atoms with van der Waals surface area (Å²) in [6.45, 7) is 2.42. The highest BCUT2D eigenvalue weighted by atomic mass is 16.1. The van der Waals surface area contributed by atoms with Crippen LogP contribution in [0.4, 0.5) is 0 Å². The average Bonchev–Trinajstić information content (AvgIpc) is 2.39. The Kier molecular flexibility index (Phi) is 3.04. The minimum atomic E-state index is 0.407. The lowest BCUT2D eigenvalue weighted by atomic mass is 9.41. The Hall–Kier alpha value is -0.330. The number of hydrogen-bond acceptors (Lipinski definition) is 1. The molecule has 0 aromatic heterocycles. The molecule has 17 heavy (non-hydrogen) atoms. The van der Waals surface area contributed by atoms with Crippen LogP contribution in [0.15, 0.2) is 0 Å². The van der Waals surface area contributed by atoms with E-state index in [2.05, 4.69) is 6.92 Å². The van der Waals surface area contributed by atoms with Crippen LogP contribution in [-0.4, -0.2) is 5.78 Å². The first-order chi connectivity index (χ1) is 8.23. The first-order valence-corrected chi connectivity index (χ1v) is 7.76. The summed E-state index contributed by atoms with van der Waals surface area (Å²) in [5.74, 6) is 2.72. The van der Waals surface area contributed by atoms with Gasteiger partial charge < -0.3 is 0 Å². The molecular weight excluding hydrogens is 208 g/mol. The molecule has 96 valence electrons. The number of rotatable bonds is 0.